The van der Waals surface area contributed by atoms with Crippen molar-refractivity contribution >= 4 is 5.91 Å². The van der Waals surface area contributed by atoms with Crippen LogP contribution in [0.4, 0.5) is 0 Å². The Bertz CT molecular complexity index is 225. The zero-order chi connectivity index (χ0) is 13.9. The Kier molecular flexibility index (Phi) is 13.1. The minimum absolute atomic E-state index is 0. The normalized spacial score (nSPS) is 10.7. The van der Waals surface area contributed by atoms with E-state index in [0.717, 1.165) is 13.0 Å². The molecule has 0 aromatic rings. The lowest BCUT2D eigenvalue weighted by atomic mass is 10.2. The third kappa shape index (κ3) is 8.78. The van der Waals surface area contributed by atoms with Gasteiger partial charge in [-0.15, -0.1) is 0 Å². The second kappa shape index (κ2) is 12.2. The maximum absolute atomic E-state index is 11.1. The van der Waals surface area contributed by atoms with Gasteiger partial charge >= 0.3 is 0 Å². The summed E-state index contributed by atoms with van der Waals surface area (Å²) in [4.78, 5) is 11.1. The van der Waals surface area contributed by atoms with Crippen molar-refractivity contribution in [3.05, 3.63) is 12.7 Å². The molecule has 0 spiro atoms. The molecule has 0 atom stereocenters. The van der Waals surface area contributed by atoms with E-state index >= 15 is 0 Å². The highest BCUT2D eigenvalue weighted by atomic mass is 16.1. The molecule has 0 aliphatic heterocycles. The number of carbonyl (C=O) groups excluding carboxylic acids is 1. The van der Waals surface area contributed by atoms with Crippen LogP contribution in [0.15, 0.2) is 12.7 Å². The number of nitrogens with zero attached hydrogens (tertiary/aromatic N) is 1. The van der Waals surface area contributed by atoms with Gasteiger partial charge in [0.25, 0.3) is 0 Å². The first kappa shape index (κ1) is 20.4. The summed E-state index contributed by atoms with van der Waals surface area (Å²) in [5.74, 6) is -0.0606. The predicted molar refractivity (Wildman–Crippen MR) is 80.4 cm³/mol. The number of hydrogen-bond donors (Lipinski definition) is 1. The minimum atomic E-state index is -0.0606. The number of nitrogens with one attached hydrogen (secondary N) is 1. The van der Waals surface area contributed by atoms with E-state index in [1.54, 1.807) is 0 Å². The molecule has 0 heterocycles. The van der Waals surface area contributed by atoms with Crippen molar-refractivity contribution in [2.45, 2.75) is 46.5 Å². The molecule has 0 aliphatic carbocycles. The molecule has 1 amide bonds. The molecule has 0 rings (SSSR count). The second-order valence-electron chi connectivity index (χ2n) is 5.08. The first-order chi connectivity index (χ1) is 8.64. The van der Waals surface area contributed by atoms with Crippen LogP contribution in [-0.4, -0.2) is 48.6 Å². The lowest BCUT2D eigenvalue weighted by Crippen LogP contribution is -2.51. The Morgan fingerprint density at radius 2 is 1.53 bits per heavy atom. The summed E-state index contributed by atoms with van der Waals surface area (Å²) in [6.07, 6.45) is 6.10. The largest absolute Gasteiger partial charge is 0.870 e. The summed E-state index contributed by atoms with van der Waals surface area (Å²) in [5.41, 5.74) is 0. The highest BCUT2D eigenvalue weighted by Gasteiger charge is 2.23. The van der Waals surface area contributed by atoms with E-state index in [4.69, 9.17) is 0 Å². The van der Waals surface area contributed by atoms with Crippen LogP contribution < -0.4 is 5.32 Å². The Hall–Kier alpha value is -0.870. The van der Waals surface area contributed by atoms with Crippen LogP contribution in [0.25, 0.3) is 0 Å². The van der Waals surface area contributed by atoms with Gasteiger partial charge in [0.15, 0.2) is 0 Å². The quantitative estimate of drug-likeness (QED) is 0.357. The number of quaternary nitrogens is 1. The first-order valence-corrected chi connectivity index (χ1v) is 7.39. The van der Waals surface area contributed by atoms with Crippen molar-refractivity contribution in [1.82, 2.24) is 5.32 Å². The van der Waals surface area contributed by atoms with Gasteiger partial charge in [0.05, 0.1) is 26.2 Å². The third-order valence-corrected chi connectivity index (χ3v) is 3.39. The molecule has 0 aliphatic rings. The van der Waals surface area contributed by atoms with Gasteiger partial charge in [0.1, 0.15) is 0 Å². The van der Waals surface area contributed by atoms with E-state index in [9.17, 15) is 4.79 Å². The lowest BCUT2D eigenvalue weighted by Gasteiger charge is -2.38. The van der Waals surface area contributed by atoms with E-state index in [1.165, 1.54) is 56.0 Å². The van der Waals surface area contributed by atoms with Crippen LogP contribution in [0.1, 0.15) is 46.5 Å². The summed E-state index contributed by atoms with van der Waals surface area (Å²) in [6.45, 7) is 16.0. The van der Waals surface area contributed by atoms with Gasteiger partial charge in [-0.05, 0) is 25.3 Å². The van der Waals surface area contributed by atoms with E-state index in [1.807, 2.05) is 0 Å². The molecular weight excluding hydrogens is 240 g/mol. The SMILES string of the molecule is C=CC(=O)NCCC[N+](CCC)(CCC)CCC.[OH-]. The third-order valence-electron chi connectivity index (χ3n) is 3.39. The topological polar surface area (TPSA) is 59.1 Å². The summed E-state index contributed by atoms with van der Waals surface area (Å²) in [5, 5.41) is 2.86. The molecular formula is C15H32N2O2. The molecule has 0 aromatic heterocycles. The fraction of sp³-hybridized carbons (Fsp3) is 0.800. The molecule has 0 radical (unpaired) electrons. The molecule has 4 heteroatoms. The van der Waals surface area contributed by atoms with Gasteiger partial charge in [-0.1, -0.05) is 27.4 Å². The molecule has 0 aromatic carbocycles. The standard InChI is InChI=1S/C15H30N2O.H2O/c1-5-11-17(12-6-2,13-7-3)14-9-10-16-15(18)8-4;/h8H,4-7,9-14H2,1-3H3;1H2. The zero-order valence-corrected chi connectivity index (χ0v) is 13.0. The minimum Gasteiger partial charge on any atom is -0.870 e. The van der Waals surface area contributed by atoms with Gasteiger partial charge in [-0.3, -0.25) is 4.79 Å². The molecule has 2 N–H and O–H groups in total. The van der Waals surface area contributed by atoms with E-state index in [0.29, 0.717) is 0 Å². The van der Waals surface area contributed by atoms with Crippen molar-refractivity contribution < 1.29 is 14.8 Å². The predicted octanol–water partition coefficient (Wildman–Crippen LogP) is 2.55. The second-order valence-corrected chi connectivity index (χ2v) is 5.08. The monoisotopic (exact) mass is 272 g/mol. The van der Waals surface area contributed by atoms with Gasteiger partial charge in [0, 0.05) is 13.0 Å². The maximum Gasteiger partial charge on any atom is 0.243 e. The Balaban J connectivity index is 0. The molecule has 19 heavy (non-hydrogen) atoms. The van der Waals surface area contributed by atoms with Crippen LogP contribution in [0.5, 0.6) is 0 Å². The van der Waals surface area contributed by atoms with E-state index < -0.39 is 0 Å². The number of carbonyl (C=O) groups is 1. The fourth-order valence-electron chi connectivity index (χ4n) is 2.79. The summed E-state index contributed by atoms with van der Waals surface area (Å²) in [6, 6.07) is 0. The molecule has 4 nitrogen and oxygen atoms in total. The molecule has 114 valence electrons. The molecule has 0 saturated heterocycles. The lowest BCUT2D eigenvalue weighted by molar-refractivity contribution is -0.928. The first-order valence-electron chi connectivity index (χ1n) is 7.39. The molecule has 0 saturated carbocycles. The van der Waals surface area contributed by atoms with E-state index in [2.05, 4.69) is 32.7 Å². The van der Waals surface area contributed by atoms with Crippen molar-refractivity contribution in [2.24, 2.45) is 0 Å². The molecule has 0 unspecified atom stereocenters. The van der Waals surface area contributed by atoms with Gasteiger partial charge < -0.3 is 15.3 Å². The average molecular weight is 272 g/mol. The Labute approximate surface area is 118 Å². The van der Waals surface area contributed by atoms with Gasteiger partial charge in [-0.2, -0.15) is 0 Å². The zero-order valence-electron chi connectivity index (χ0n) is 13.0. The smallest absolute Gasteiger partial charge is 0.243 e. The van der Waals surface area contributed by atoms with Gasteiger partial charge in [-0.25, -0.2) is 0 Å². The van der Waals surface area contributed by atoms with Crippen molar-refractivity contribution in [1.29, 1.82) is 0 Å². The summed E-state index contributed by atoms with van der Waals surface area (Å²) >= 11 is 0. The van der Waals surface area contributed by atoms with Crippen LogP contribution in [0.2, 0.25) is 0 Å². The van der Waals surface area contributed by atoms with Crippen molar-refractivity contribution in [3.63, 3.8) is 0 Å². The van der Waals surface area contributed by atoms with Crippen LogP contribution in [0.3, 0.4) is 0 Å². The average Bonchev–Trinajstić information content (AvgIpc) is 2.35. The fourth-order valence-corrected chi connectivity index (χ4v) is 2.79. The van der Waals surface area contributed by atoms with Crippen LogP contribution in [-0.2, 0) is 4.79 Å². The maximum atomic E-state index is 11.1. The molecule has 0 bridgehead atoms. The van der Waals surface area contributed by atoms with E-state index in [-0.39, 0.29) is 11.4 Å². The highest BCUT2D eigenvalue weighted by molar-refractivity contribution is 5.86. The Morgan fingerprint density at radius 1 is 1.05 bits per heavy atom. The van der Waals surface area contributed by atoms with Crippen molar-refractivity contribution in [3.8, 4) is 0 Å². The summed E-state index contributed by atoms with van der Waals surface area (Å²) < 4.78 is 1.22. The highest BCUT2D eigenvalue weighted by Crippen LogP contribution is 2.12. The molecule has 0 fully saturated rings. The summed E-state index contributed by atoms with van der Waals surface area (Å²) in [7, 11) is 0. The van der Waals surface area contributed by atoms with Gasteiger partial charge in [0.2, 0.25) is 5.91 Å². The van der Waals surface area contributed by atoms with Crippen LogP contribution in [0, 0.1) is 0 Å². The number of hydrogen-bond acceptors (Lipinski definition) is 2. The number of amides is 1. The van der Waals surface area contributed by atoms with Crippen LogP contribution >= 0.6 is 0 Å². The Morgan fingerprint density at radius 3 is 1.89 bits per heavy atom. The van der Waals surface area contributed by atoms with Crippen molar-refractivity contribution in [2.75, 3.05) is 32.7 Å². The number of rotatable bonds is 11.